The molecule has 1 N–H and O–H groups in total. The van der Waals surface area contributed by atoms with Crippen molar-refractivity contribution < 1.29 is 0 Å². The Morgan fingerprint density at radius 3 is 2.93 bits per heavy atom. The SMILES string of the molecule is C#CCCCNc1ccc(Br)cc1Cl. The number of rotatable bonds is 4. The minimum absolute atomic E-state index is 0.722. The van der Waals surface area contributed by atoms with Gasteiger partial charge in [0.25, 0.3) is 0 Å². The van der Waals surface area contributed by atoms with Crippen molar-refractivity contribution in [3.63, 3.8) is 0 Å². The molecule has 0 heterocycles. The van der Waals surface area contributed by atoms with Gasteiger partial charge in [0.05, 0.1) is 10.7 Å². The quantitative estimate of drug-likeness (QED) is 0.647. The predicted octanol–water partition coefficient (Wildman–Crippen LogP) is 3.93. The zero-order valence-corrected chi connectivity index (χ0v) is 10.0. The van der Waals surface area contributed by atoms with Gasteiger partial charge in [-0.25, -0.2) is 0 Å². The highest BCUT2D eigenvalue weighted by atomic mass is 79.9. The van der Waals surface area contributed by atoms with Crippen molar-refractivity contribution in [3.05, 3.63) is 27.7 Å². The van der Waals surface area contributed by atoms with Gasteiger partial charge in [0.2, 0.25) is 0 Å². The van der Waals surface area contributed by atoms with Gasteiger partial charge in [-0.2, -0.15) is 0 Å². The molecule has 0 bridgehead atoms. The second-order valence-corrected chi connectivity index (χ2v) is 4.18. The number of hydrogen-bond donors (Lipinski definition) is 1. The molecule has 0 radical (unpaired) electrons. The lowest BCUT2D eigenvalue weighted by molar-refractivity contribution is 0.907. The van der Waals surface area contributed by atoms with Gasteiger partial charge < -0.3 is 5.32 Å². The average Bonchev–Trinajstić information content (AvgIpc) is 2.15. The summed E-state index contributed by atoms with van der Waals surface area (Å²) in [5.41, 5.74) is 0.951. The summed E-state index contributed by atoms with van der Waals surface area (Å²) in [6.45, 7) is 0.853. The van der Waals surface area contributed by atoms with Gasteiger partial charge in [-0.3, -0.25) is 0 Å². The minimum atomic E-state index is 0.722. The first-order valence-electron chi connectivity index (χ1n) is 4.36. The third-order valence-electron chi connectivity index (χ3n) is 1.74. The lowest BCUT2D eigenvalue weighted by Crippen LogP contribution is -2.01. The Balaban J connectivity index is 2.47. The molecule has 0 aliphatic heterocycles. The topological polar surface area (TPSA) is 12.0 Å². The summed E-state index contributed by atoms with van der Waals surface area (Å²) in [4.78, 5) is 0. The van der Waals surface area contributed by atoms with Gasteiger partial charge in [0.15, 0.2) is 0 Å². The Hall–Kier alpha value is -0.650. The van der Waals surface area contributed by atoms with Crippen LogP contribution in [0.15, 0.2) is 22.7 Å². The standard InChI is InChI=1S/C11H11BrClN/c1-2-3-4-7-14-11-6-5-9(12)8-10(11)13/h1,5-6,8,14H,3-4,7H2. The molecule has 0 atom stereocenters. The molecule has 0 aromatic heterocycles. The molecule has 1 rings (SSSR count). The molecule has 74 valence electrons. The van der Waals surface area contributed by atoms with Gasteiger partial charge in [-0.15, -0.1) is 12.3 Å². The maximum atomic E-state index is 6.01. The molecule has 1 aromatic carbocycles. The van der Waals surface area contributed by atoms with Crippen molar-refractivity contribution in [2.45, 2.75) is 12.8 Å². The largest absolute Gasteiger partial charge is 0.384 e. The lowest BCUT2D eigenvalue weighted by Gasteiger charge is -2.07. The van der Waals surface area contributed by atoms with Crippen LogP contribution in [0.2, 0.25) is 5.02 Å². The molecule has 1 aromatic rings. The zero-order valence-electron chi connectivity index (χ0n) is 7.69. The van der Waals surface area contributed by atoms with Crippen molar-refractivity contribution in [1.29, 1.82) is 0 Å². The number of unbranched alkanes of at least 4 members (excludes halogenated alkanes) is 1. The van der Waals surface area contributed by atoms with Crippen LogP contribution in [0.25, 0.3) is 0 Å². The first-order valence-corrected chi connectivity index (χ1v) is 5.53. The molecule has 0 aliphatic carbocycles. The van der Waals surface area contributed by atoms with E-state index in [4.69, 9.17) is 18.0 Å². The van der Waals surface area contributed by atoms with E-state index in [0.717, 1.165) is 34.6 Å². The predicted molar refractivity (Wildman–Crippen MR) is 65.7 cm³/mol. The van der Waals surface area contributed by atoms with E-state index in [2.05, 4.69) is 27.2 Å². The summed E-state index contributed by atoms with van der Waals surface area (Å²) in [5.74, 6) is 2.60. The highest BCUT2D eigenvalue weighted by Crippen LogP contribution is 2.25. The van der Waals surface area contributed by atoms with E-state index in [9.17, 15) is 0 Å². The first-order chi connectivity index (χ1) is 6.74. The van der Waals surface area contributed by atoms with E-state index in [1.54, 1.807) is 0 Å². The van der Waals surface area contributed by atoms with E-state index in [1.807, 2.05) is 18.2 Å². The summed E-state index contributed by atoms with van der Waals surface area (Å²) in [7, 11) is 0. The number of nitrogens with one attached hydrogen (secondary N) is 1. The molecule has 14 heavy (non-hydrogen) atoms. The summed E-state index contributed by atoms with van der Waals surface area (Å²) in [5, 5.41) is 3.95. The monoisotopic (exact) mass is 271 g/mol. The van der Waals surface area contributed by atoms with Crippen LogP contribution in [-0.4, -0.2) is 6.54 Å². The molecule has 3 heteroatoms. The number of benzene rings is 1. The molecule has 0 amide bonds. The minimum Gasteiger partial charge on any atom is -0.384 e. The molecular weight excluding hydrogens is 261 g/mol. The first kappa shape index (κ1) is 11.4. The zero-order chi connectivity index (χ0) is 10.4. The van der Waals surface area contributed by atoms with Crippen molar-refractivity contribution in [2.24, 2.45) is 0 Å². The summed E-state index contributed by atoms with van der Waals surface area (Å²) < 4.78 is 0.983. The second-order valence-electron chi connectivity index (χ2n) is 2.86. The van der Waals surface area contributed by atoms with E-state index in [1.165, 1.54) is 0 Å². The Kier molecular flexibility index (Phi) is 4.86. The third-order valence-corrected chi connectivity index (χ3v) is 2.55. The third kappa shape index (κ3) is 3.61. The van der Waals surface area contributed by atoms with Crippen molar-refractivity contribution in [1.82, 2.24) is 0 Å². The van der Waals surface area contributed by atoms with Crippen LogP contribution in [0, 0.1) is 12.3 Å². The number of anilines is 1. The van der Waals surface area contributed by atoms with Crippen LogP contribution in [0.1, 0.15) is 12.8 Å². The summed E-state index contributed by atoms with van der Waals surface area (Å²) in [6.07, 6.45) is 6.90. The summed E-state index contributed by atoms with van der Waals surface area (Å²) in [6, 6.07) is 5.77. The van der Waals surface area contributed by atoms with Crippen molar-refractivity contribution >= 4 is 33.2 Å². The highest BCUT2D eigenvalue weighted by Gasteiger charge is 1.98. The normalized spacial score (nSPS) is 9.50. The second kappa shape index (κ2) is 5.95. The Morgan fingerprint density at radius 1 is 1.50 bits per heavy atom. The molecule has 0 aliphatic rings. The van der Waals surface area contributed by atoms with Gasteiger partial charge in [-0.05, 0) is 24.6 Å². The van der Waals surface area contributed by atoms with E-state index >= 15 is 0 Å². The van der Waals surface area contributed by atoms with E-state index in [-0.39, 0.29) is 0 Å². The maximum absolute atomic E-state index is 6.01. The highest BCUT2D eigenvalue weighted by molar-refractivity contribution is 9.10. The Morgan fingerprint density at radius 2 is 2.29 bits per heavy atom. The summed E-state index contributed by atoms with van der Waals surface area (Å²) >= 11 is 9.36. The number of halogens is 2. The van der Waals surface area contributed by atoms with Crippen LogP contribution in [-0.2, 0) is 0 Å². The molecule has 0 unspecified atom stereocenters. The maximum Gasteiger partial charge on any atom is 0.0648 e. The van der Waals surface area contributed by atoms with Gasteiger partial charge >= 0.3 is 0 Å². The molecule has 1 nitrogen and oxygen atoms in total. The van der Waals surface area contributed by atoms with Crippen LogP contribution in [0.5, 0.6) is 0 Å². The molecule has 0 spiro atoms. The van der Waals surface area contributed by atoms with E-state index in [0.29, 0.717) is 0 Å². The lowest BCUT2D eigenvalue weighted by atomic mass is 10.3. The van der Waals surface area contributed by atoms with Crippen LogP contribution >= 0.6 is 27.5 Å². The van der Waals surface area contributed by atoms with Gasteiger partial charge in [-0.1, -0.05) is 27.5 Å². The van der Waals surface area contributed by atoms with Crippen LogP contribution in [0.3, 0.4) is 0 Å². The molecule has 0 saturated heterocycles. The van der Waals surface area contributed by atoms with Gasteiger partial charge in [0.1, 0.15) is 0 Å². The molecule has 0 saturated carbocycles. The fourth-order valence-electron chi connectivity index (χ4n) is 1.05. The number of terminal acetylenes is 1. The average molecular weight is 273 g/mol. The van der Waals surface area contributed by atoms with E-state index < -0.39 is 0 Å². The molecular formula is C11H11BrClN. The Bertz CT molecular complexity index is 344. The number of hydrogen-bond acceptors (Lipinski definition) is 1. The van der Waals surface area contributed by atoms with Crippen molar-refractivity contribution in [2.75, 3.05) is 11.9 Å². The fourth-order valence-corrected chi connectivity index (χ4v) is 1.79. The van der Waals surface area contributed by atoms with Gasteiger partial charge in [0, 0.05) is 17.4 Å². The van der Waals surface area contributed by atoms with Crippen molar-refractivity contribution in [3.8, 4) is 12.3 Å². The Labute approximate surface area is 98.0 Å². The smallest absolute Gasteiger partial charge is 0.0648 e. The molecule has 0 fully saturated rings. The van der Waals surface area contributed by atoms with Crippen LogP contribution < -0.4 is 5.32 Å². The fraction of sp³-hybridized carbons (Fsp3) is 0.273. The van der Waals surface area contributed by atoms with Crippen LogP contribution in [0.4, 0.5) is 5.69 Å².